The Balaban J connectivity index is 1.78. The fraction of sp³-hybridized carbons (Fsp3) is 0.120. The van der Waals surface area contributed by atoms with E-state index in [9.17, 15) is 14.0 Å². The third-order valence-corrected chi connectivity index (χ3v) is 4.96. The van der Waals surface area contributed by atoms with Crippen LogP contribution in [0, 0.1) is 5.82 Å². The fourth-order valence-corrected chi connectivity index (χ4v) is 3.47. The van der Waals surface area contributed by atoms with E-state index in [4.69, 9.17) is 9.47 Å². The molecule has 2 amide bonds. The third-order valence-electron chi connectivity index (χ3n) is 4.96. The Hall–Kier alpha value is -4.13. The van der Waals surface area contributed by atoms with Gasteiger partial charge < -0.3 is 14.8 Å². The number of halogens is 1. The maximum Gasteiger partial charge on any atom is 0.282 e. The number of amides is 2. The minimum atomic E-state index is -0.534. The zero-order valence-corrected chi connectivity index (χ0v) is 17.6. The number of ether oxygens (including phenoxy) is 2. The van der Waals surface area contributed by atoms with Gasteiger partial charge in [0.25, 0.3) is 11.8 Å². The molecule has 0 spiro atoms. The third kappa shape index (κ3) is 4.05. The summed E-state index contributed by atoms with van der Waals surface area (Å²) < 4.78 is 24.1. The van der Waals surface area contributed by atoms with E-state index in [1.165, 1.54) is 24.3 Å². The van der Waals surface area contributed by atoms with Crippen LogP contribution in [0.15, 0.2) is 78.5 Å². The first-order chi connectivity index (χ1) is 15.5. The monoisotopic (exact) mass is 432 g/mol. The number of anilines is 2. The number of rotatable bonds is 7. The number of carbonyl (C=O) groups is 2. The van der Waals surface area contributed by atoms with Gasteiger partial charge in [-0.2, -0.15) is 0 Å². The van der Waals surface area contributed by atoms with Gasteiger partial charge in [0.15, 0.2) is 0 Å². The molecule has 0 aromatic heterocycles. The molecule has 0 fully saturated rings. The van der Waals surface area contributed by atoms with Crippen molar-refractivity contribution in [2.24, 2.45) is 0 Å². The van der Waals surface area contributed by atoms with Crippen LogP contribution in [0.4, 0.5) is 15.8 Å². The predicted octanol–water partition coefficient (Wildman–Crippen LogP) is 4.63. The number of hydrogen-bond donors (Lipinski definition) is 1. The van der Waals surface area contributed by atoms with Gasteiger partial charge in [-0.25, -0.2) is 9.29 Å². The van der Waals surface area contributed by atoms with Crippen LogP contribution >= 0.6 is 0 Å². The lowest BCUT2D eigenvalue weighted by molar-refractivity contribution is -0.120. The molecule has 3 aromatic carbocycles. The first-order valence-corrected chi connectivity index (χ1v) is 10.0. The Morgan fingerprint density at radius 3 is 2.28 bits per heavy atom. The van der Waals surface area contributed by atoms with Gasteiger partial charge in [-0.05, 0) is 61.0 Å². The molecule has 0 saturated carbocycles. The highest BCUT2D eigenvalue weighted by molar-refractivity contribution is 6.46. The summed E-state index contributed by atoms with van der Waals surface area (Å²) >= 11 is 0. The first kappa shape index (κ1) is 21.1. The molecule has 0 aliphatic carbocycles. The Bertz CT molecular complexity index is 1190. The van der Waals surface area contributed by atoms with Crippen molar-refractivity contribution >= 4 is 28.8 Å². The van der Waals surface area contributed by atoms with E-state index in [1.54, 1.807) is 55.6 Å². The van der Waals surface area contributed by atoms with E-state index in [0.717, 1.165) is 4.90 Å². The van der Waals surface area contributed by atoms with Gasteiger partial charge >= 0.3 is 0 Å². The second kappa shape index (κ2) is 8.93. The van der Waals surface area contributed by atoms with Gasteiger partial charge in [0, 0.05) is 11.8 Å². The summed E-state index contributed by atoms with van der Waals surface area (Å²) in [5.74, 6) is -0.233. The summed E-state index contributed by atoms with van der Waals surface area (Å²) in [6, 6.07) is 19.2. The highest BCUT2D eigenvalue weighted by atomic mass is 19.1. The van der Waals surface area contributed by atoms with Crippen molar-refractivity contribution in [1.29, 1.82) is 0 Å². The van der Waals surface area contributed by atoms with Gasteiger partial charge in [-0.3, -0.25) is 9.59 Å². The summed E-state index contributed by atoms with van der Waals surface area (Å²) in [6.07, 6.45) is 0. The van der Waals surface area contributed by atoms with Gasteiger partial charge in [0.05, 0.1) is 25.0 Å². The van der Waals surface area contributed by atoms with Crippen LogP contribution in [0.1, 0.15) is 12.5 Å². The average molecular weight is 432 g/mol. The molecule has 0 atom stereocenters. The Kier molecular flexibility index (Phi) is 5.89. The van der Waals surface area contributed by atoms with Crippen LogP contribution in [-0.2, 0) is 9.59 Å². The highest BCUT2D eigenvalue weighted by Crippen LogP contribution is 2.34. The Morgan fingerprint density at radius 2 is 1.62 bits per heavy atom. The SMILES string of the molecule is CCOc1ccc(C2=C(Nc3cccc(OC)c3)C(=O)N(c3ccc(F)cc3)C2=O)cc1. The largest absolute Gasteiger partial charge is 0.497 e. The number of nitrogens with zero attached hydrogens (tertiary/aromatic N) is 1. The van der Waals surface area contributed by atoms with E-state index in [-0.39, 0.29) is 17.0 Å². The summed E-state index contributed by atoms with van der Waals surface area (Å²) in [7, 11) is 1.55. The van der Waals surface area contributed by atoms with E-state index >= 15 is 0 Å². The maximum atomic E-state index is 13.4. The molecule has 0 unspecified atom stereocenters. The van der Waals surface area contributed by atoms with Crippen molar-refractivity contribution < 1.29 is 23.5 Å². The first-order valence-electron chi connectivity index (χ1n) is 10.0. The van der Waals surface area contributed by atoms with Crippen LogP contribution in [-0.4, -0.2) is 25.5 Å². The molecule has 6 nitrogen and oxygen atoms in total. The lowest BCUT2D eigenvalue weighted by Crippen LogP contribution is -2.32. The molecule has 1 aliphatic heterocycles. The molecular formula is C25H21FN2O4. The Labute approximate surface area is 184 Å². The molecule has 1 heterocycles. The number of nitrogens with one attached hydrogen (secondary N) is 1. The highest BCUT2D eigenvalue weighted by Gasteiger charge is 2.40. The second-order valence-corrected chi connectivity index (χ2v) is 6.99. The zero-order valence-electron chi connectivity index (χ0n) is 17.6. The minimum absolute atomic E-state index is 0.122. The fourth-order valence-electron chi connectivity index (χ4n) is 3.47. The van der Waals surface area contributed by atoms with E-state index < -0.39 is 17.6 Å². The molecular weight excluding hydrogens is 411 g/mol. The summed E-state index contributed by atoms with van der Waals surface area (Å²) in [5.41, 5.74) is 1.76. The van der Waals surface area contributed by atoms with Crippen molar-refractivity contribution in [3.05, 3.63) is 89.9 Å². The lowest BCUT2D eigenvalue weighted by Gasteiger charge is -2.15. The molecule has 32 heavy (non-hydrogen) atoms. The lowest BCUT2D eigenvalue weighted by atomic mass is 10.0. The normalized spacial score (nSPS) is 13.5. The number of carbonyl (C=O) groups excluding carboxylic acids is 2. The van der Waals surface area contributed by atoms with E-state index in [1.807, 2.05) is 6.92 Å². The quantitative estimate of drug-likeness (QED) is 0.552. The molecule has 0 radical (unpaired) electrons. The number of imide groups is 1. The zero-order chi connectivity index (χ0) is 22.7. The van der Waals surface area contributed by atoms with Crippen molar-refractivity contribution in [1.82, 2.24) is 0 Å². The standard InChI is InChI=1S/C25H21FN2O4/c1-3-32-20-13-7-16(8-14-20)22-23(27-18-5-4-6-21(15-18)31-2)25(30)28(24(22)29)19-11-9-17(26)10-12-19/h4-15,27H,3H2,1-2H3. The Morgan fingerprint density at radius 1 is 0.906 bits per heavy atom. The second-order valence-electron chi connectivity index (χ2n) is 6.99. The number of hydrogen-bond acceptors (Lipinski definition) is 5. The van der Waals surface area contributed by atoms with Crippen molar-refractivity contribution in [2.45, 2.75) is 6.92 Å². The molecule has 1 N–H and O–H groups in total. The van der Waals surface area contributed by atoms with Crippen LogP contribution in [0.5, 0.6) is 11.5 Å². The molecule has 3 aromatic rings. The van der Waals surface area contributed by atoms with Crippen LogP contribution in [0.3, 0.4) is 0 Å². The molecule has 0 saturated heterocycles. The molecule has 162 valence electrons. The molecule has 1 aliphatic rings. The number of methoxy groups -OCH3 is 1. The molecule has 7 heteroatoms. The summed E-state index contributed by atoms with van der Waals surface area (Å²) in [4.78, 5) is 27.8. The summed E-state index contributed by atoms with van der Waals surface area (Å²) in [5, 5.41) is 3.08. The van der Waals surface area contributed by atoms with E-state index in [2.05, 4.69) is 5.32 Å². The minimum Gasteiger partial charge on any atom is -0.497 e. The van der Waals surface area contributed by atoms with Crippen LogP contribution in [0.2, 0.25) is 0 Å². The van der Waals surface area contributed by atoms with Gasteiger partial charge in [0.1, 0.15) is 23.0 Å². The number of benzene rings is 3. The predicted molar refractivity (Wildman–Crippen MR) is 120 cm³/mol. The van der Waals surface area contributed by atoms with Crippen molar-refractivity contribution in [3.63, 3.8) is 0 Å². The van der Waals surface area contributed by atoms with Gasteiger partial charge in [0.2, 0.25) is 0 Å². The summed E-state index contributed by atoms with van der Waals surface area (Å²) in [6.45, 7) is 2.40. The average Bonchev–Trinajstić information content (AvgIpc) is 3.05. The van der Waals surface area contributed by atoms with E-state index in [0.29, 0.717) is 29.4 Å². The van der Waals surface area contributed by atoms with Crippen LogP contribution < -0.4 is 19.7 Å². The molecule has 0 bridgehead atoms. The van der Waals surface area contributed by atoms with Gasteiger partial charge in [-0.15, -0.1) is 0 Å². The maximum absolute atomic E-state index is 13.4. The van der Waals surface area contributed by atoms with Crippen LogP contribution in [0.25, 0.3) is 5.57 Å². The van der Waals surface area contributed by atoms with Crippen molar-refractivity contribution in [2.75, 3.05) is 23.9 Å². The van der Waals surface area contributed by atoms with Gasteiger partial charge in [-0.1, -0.05) is 18.2 Å². The smallest absolute Gasteiger partial charge is 0.282 e. The topological polar surface area (TPSA) is 67.9 Å². The molecule has 4 rings (SSSR count). The van der Waals surface area contributed by atoms with Crippen molar-refractivity contribution in [3.8, 4) is 11.5 Å².